The number of hydrogen-bond donors (Lipinski definition) is 1. The fourth-order valence-corrected chi connectivity index (χ4v) is 2.63. The highest BCUT2D eigenvalue weighted by Gasteiger charge is 2.30. The number of carbonyl (C=O) groups is 1. The standard InChI is InChI=1S/C15H23N3O/c1-15(2)8-7-12(9-15)17-13-6-5-11(10-16-13)14(19)18(3)4/h5-6,10,12H,7-9H2,1-4H3,(H,16,17). The Hall–Kier alpha value is -1.58. The average molecular weight is 261 g/mol. The van der Waals surface area contributed by atoms with Crippen LogP contribution in [0.2, 0.25) is 0 Å². The van der Waals surface area contributed by atoms with Gasteiger partial charge in [-0.2, -0.15) is 0 Å². The molecular weight excluding hydrogens is 238 g/mol. The van der Waals surface area contributed by atoms with Crippen molar-refractivity contribution in [1.82, 2.24) is 9.88 Å². The lowest BCUT2D eigenvalue weighted by molar-refractivity contribution is 0.0827. The summed E-state index contributed by atoms with van der Waals surface area (Å²) in [6, 6.07) is 4.22. The molecule has 0 aliphatic heterocycles. The molecule has 1 aliphatic rings. The van der Waals surface area contributed by atoms with Crippen LogP contribution in [0.3, 0.4) is 0 Å². The van der Waals surface area contributed by atoms with Crippen molar-refractivity contribution < 1.29 is 4.79 Å². The van der Waals surface area contributed by atoms with Crippen LogP contribution in [0.15, 0.2) is 18.3 Å². The Morgan fingerprint density at radius 1 is 1.42 bits per heavy atom. The first-order chi connectivity index (χ1) is 8.87. The third kappa shape index (κ3) is 3.46. The summed E-state index contributed by atoms with van der Waals surface area (Å²) >= 11 is 0. The van der Waals surface area contributed by atoms with Crippen molar-refractivity contribution in [3.63, 3.8) is 0 Å². The minimum absolute atomic E-state index is 0.0129. The Morgan fingerprint density at radius 2 is 2.16 bits per heavy atom. The fraction of sp³-hybridized carbons (Fsp3) is 0.600. The second-order valence-corrected chi connectivity index (χ2v) is 6.38. The minimum Gasteiger partial charge on any atom is -0.367 e. The van der Waals surface area contributed by atoms with Crippen LogP contribution in [-0.4, -0.2) is 35.9 Å². The SMILES string of the molecule is CN(C)C(=O)c1ccc(NC2CCC(C)(C)C2)nc1. The second-order valence-electron chi connectivity index (χ2n) is 6.38. The zero-order valence-electron chi connectivity index (χ0n) is 12.2. The molecule has 1 N–H and O–H groups in total. The maximum atomic E-state index is 11.8. The van der Waals surface area contributed by atoms with Crippen LogP contribution in [0.25, 0.3) is 0 Å². The van der Waals surface area contributed by atoms with Crippen molar-refractivity contribution in [1.29, 1.82) is 0 Å². The van der Waals surface area contributed by atoms with Crippen LogP contribution < -0.4 is 5.32 Å². The smallest absolute Gasteiger partial charge is 0.254 e. The summed E-state index contributed by atoms with van der Waals surface area (Å²) in [5.74, 6) is 0.846. The van der Waals surface area contributed by atoms with E-state index in [1.54, 1.807) is 25.2 Å². The number of amides is 1. The third-order valence-corrected chi connectivity index (χ3v) is 3.74. The van der Waals surface area contributed by atoms with Gasteiger partial charge in [0.15, 0.2) is 0 Å². The number of anilines is 1. The van der Waals surface area contributed by atoms with E-state index in [1.807, 2.05) is 12.1 Å². The highest BCUT2D eigenvalue weighted by Crippen LogP contribution is 2.38. The largest absolute Gasteiger partial charge is 0.367 e. The molecule has 1 heterocycles. The molecular formula is C15H23N3O. The van der Waals surface area contributed by atoms with Crippen molar-refractivity contribution >= 4 is 11.7 Å². The average Bonchev–Trinajstić information content (AvgIpc) is 2.68. The topological polar surface area (TPSA) is 45.2 Å². The number of aromatic nitrogens is 1. The zero-order valence-corrected chi connectivity index (χ0v) is 12.2. The molecule has 0 bridgehead atoms. The van der Waals surface area contributed by atoms with E-state index in [9.17, 15) is 4.79 Å². The van der Waals surface area contributed by atoms with Gasteiger partial charge in [-0.1, -0.05) is 13.8 Å². The zero-order chi connectivity index (χ0) is 14.0. The predicted octanol–water partition coefficient (Wildman–Crippen LogP) is 2.77. The highest BCUT2D eigenvalue weighted by atomic mass is 16.2. The molecule has 1 aromatic rings. The Kier molecular flexibility index (Phi) is 3.78. The second kappa shape index (κ2) is 5.19. The van der Waals surface area contributed by atoms with Gasteiger partial charge in [0.05, 0.1) is 5.56 Å². The van der Waals surface area contributed by atoms with Crippen molar-refractivity contribution in [2.45, 2.75) is 39.2 Å². The third-order valence-electron chi connectivity index (χ3n) is 3.74. The minimum atomic E-state index is -0.0129. The van der Waals surface area contributed by atoms with E-state index in [2.05, 4.69) is 24.1 Å². The summed E-state index contributed by atoms with van der Waals surface area (Å²) in [4.78, 5) is 17.6. The fourth-order valence-electron chi connectivity index (χ4n) is 2.63. The summed E-state index contributed by atoms with van der Waals surface area (Å²) in [6.45, 7) is 4.61. The Labute approximate surface area is 115 Å². The van der Waals surface area contributed by atoms with Crippen LogP contribution in [0.5, 0.6) is 0 Å². The van der Waals surface area contributed by atoms with Crippen LogP contribution in [0.4, 0.5) is 5.82 Å². The quantitative estimate of drug-likeness (QED) is 0.910. The maximum absolute atomic E-state index is 11.8. The van der Waals surface area contributed by atoms with E-state index in [0.29, 0.717) is 17.0 Å². The van der Waals surface area contributed by atoms with E-state index in [-0.39, 0.29) is 5.91 Å². The van der Waals surface area contributed by atoms with Crippen molar-refractivity contribution in [2.24, 2.45) is 5.41 Å². The molecule has 19 heavy (non-hydrogen) atoms. The summed E-state index contributed by atoms with van der Waals surface area (Å²) in [5, 5.41) is 3.46. The van der Waals surface area contributed by atoms with Gasteiger partial charge in [0.1, 0.15) is 5.82 Å². The maximum Gasteiger partial charge on any atom is 0.254 e. The molecule has 0 aromatic carbocycles. The Balaban J connectivity index is 1.98. The van der Waals surface area contributed by atoms with E-state index in [1.165, 1.54) is 19.3 Å². The number of nitrogens with one attached hydrogen (secondary N) is 1. The number of rotatable bonds is 3. The molecule has 2 rings (SSSR count). The normalized spacial score (nSPS) is 21.2. The van der Waals surface area contributed by atoms with Crippen molar-refractivity contribution in [2.75, 3.05) is 19.4 Å². The van der Waals surface area contributed by atoms with E-state index in [0.717, 1.165) is 5.82 Å². The van der Waals surface area contributed by atoms with Gasteiger partial charge in [-0.25, -0.2) is 4.98 Å². The first kappa shape index (κ1) is 13.8. The van der Waals surface area contributed by atoms with Gasteiger partial charge in [-0.15, -0.1) is 0 Å². The molecule has 1 atom stereocenters. The van der Waals surface area contributed by atoms with Crippen molar-refractivity contribution in [3.05, 3.63) is 23.9 Å². The number of hydrogen-bond acceptors (Lipinski definition) is 3. The summed E-state index contributed by atoms with van der Waals surface area (Å²) in [6.07, 6.45) is 5.26. The molecule has 0 radical (unpaired) electrons. The van der Waals surface area contributed by atoms with Crippen molar-refractivity contribution in [3.8, 4) is 0 Å². The van der Waals surface area contributed by atoms with Crippen LogP contribution in [0, 0.1) is 5.41 Å². The van der Waals surface area contributed by atoms with Gasteiger partial charge >= 0.3 is 0 Å². The molecule has 1 amide bonds. The molecule has 1 aliphatic carbocycles. The molecule has 104 valence electrons. The summed E-state index contributed by atoms with van der Waals surface area (Å²) < 4.78 is 0. The van der Waals surface area contributed by atoms with Crippen LogP contribution in [0.1, 0.15) is 43.5 Å². The summed E-state index contributed by atoms with van der Waals surface area (Å²) in [7, 11) is 3.49. The van der Waals surface area contributed by atoms with E-state index in [4.69, 9.17) is 0 Å². The summed E-state index contributed by atoms with van der Waals surface area (Å²) in [5.41, 5.74) is 1.06. The molecule has 1 aromatic heterocycles. The first-order valence-corrected chi connectivity index (χ1v) is 6.82. The number of carbonyl (C=O) groups excluding carboxylic acids is 1. The van der Waals surface area contributed by atoms with Gasteiger partial charge in [0.25, 0.3) is 5.91 Å². The molecule has 4 nitrogen and oxygen atoms in total. The first-order valence-electron chi connectivity index (χ1n) is 6.82. The van der Waals surface area contributed by atoms with E-state index < -0.39 is 0 Å². The lowest BCUT2D eigenvalue weighted by Gasteiger charge is -2.18. The van der Waals surface area contributed by atoms with Gasteiger partial charge in [-0.3, -0.25) is 4.79 Å². The molecule has 1 fully saturated rings. The number of nitrogens with zero attached hydrogens (tertiary/aromatic N) is 2. The van der Waals surface area contributed by atoms with Crippen LogP contribution >= 0.6 is 0 Å². The van der Waals surface area contributed by atoms with Gasteiger partial charge in [-0.05, 0) is 36.8 Å². The van der Waals surface area contributed by atoms with Gasteiger partial charge in [0, 0.05) is 26.3 Å². The molecule has 1 saturated carbocycles. The van der Waals surface area contributed by atoms with Crippen LogP contribution in [-0.2, 0) is 0 Å². The Bertz CT molecular complexity index is 451. The Morgan fingerprint density at radius 3 is 2.63 bits per heavy atom. The molecule has 4 heteroatoms. The number of pyridine rings is 1. The lowest BCUT2D eigenvalue weighted by Crippen LogP contribution is -2.22. The van der Waals surface area contributed by atoms with E-state index >= 15 is 0 Å². The molecule has 0 saturated heterocycles. The highest BCUT2D eigenvalue weighted by molar-refractivity contribution is 5.93. The molecule has 0 spiro atoms. The predicted molar refractivity (Wildman–Crippen MR) is 77.3 cm³/mol. The van der Waals surface area contributed by atoms with Gasteiger partial charge in [0.2, 0.25) is 0 Å². The lowest BCUT2D eigenvalue weighted by atomic mass is 9.92. The molecule has 1 unspecified atom stereocenters. The monoisotopic (exact) mass is 261 g/mol. The van der Waals surface area contributed by atoms with Gasteiger partial charge < -0.3 is 10.2 Å².